The molecular formula is C16H11ClN2. The quantitative estimate of drug-likeness (QED) is 0.457. The van der Waals surface area contributed by atoms with Crippen molar-refractivity contribution in [2.75, 3.05) is 0 Å². The van der Waals surface area contributed by atoms with Crippen LogP contribution >= 0.6 is 11.6 Å². The second kappa shape index (κ2) is 3.72. The minimum atomic E-state index is 0.778. The summed E-state index contributed by atoms with van der Waals surface area (Å²) < 4.78 is 2.10. The Labute approximate surface area is 115 Å². The van der Waals surface area contributed by atoms with Crippen LogP contribution in [0.4, 0.5) is 0 Å². The first-order valence-corrected chi connectivity index (χ1v) is 6.56. The fourth-order valence-electron chi connectivity index (χ4n) is 2.72. The average Bonchev–Trinajstić information content (AvgIpc) is 2.71. The van der Waals surface area contributed by atoms with Gasteiger partial charge in [0.05, 0.1) is 16.1 Å². The van der Waals surface area contributed by atoms with E-state index in [1.807, 2.05) is 37.4 Å². The highest BCUT2D eigenvalue weighted by Crippen LogP contribution is 2.33. The Morgan fingerprint density at radius 2 is 1.89 bits per heavy atom. The summed E-state index contributed by atoms with van der Waals surface area (Å²) in [6.45, 7) is 0. The summed E-state index contributed by atoms with van der Waals surface area (Å²) in [5, 5.41) is 4.12. The average molecular weight is 267 g/mol. The molecule has 0 aliphatic heterocycles. The minimum Gasteiger partial charge on any atom is -0.328 e. The molecule has 2 aromatic heterocycles. The van der Waals surface area contributed by atoms with E-state index in [-0.39, 0.29) is 0 Å². The molecule has 0 radical (unpaired) electrons. The molecule has 4 aromatic rings. The third-order valence-electron chi connectivity index (χ3n) is 3.64. The normalized spacial score (nSPS) is 11.7. The van der Waals surface area contributed by atoms with Gasteiger partial charge in [-0.05, 0) is 24.3 Å². The van der Waals surface area contributed by atoms with Crippen molar-refractivity contribution in [2.45, 2.75) is 0 Å². The third kappa shape index (κ3) is 1.41. The van der Waals surface area contributed by atoms with Crippen LogP contribution in [0.1, 0.15) is 0 Å². The molecule has 0 aliphatic rings. The molecule has 0 N–H and O–H groups in total. The summed E-state index contributed by atoms with van der Waals surface area (Å²) in [6.07, 6.45) is 0. The highest BCUT2D eigenvalue weighted by Gasteiger charge is 2.12. The number of nitrogens with zero attached hydrogens (tertiary/aromatic N) is 2. The SMILES string of the molecule is Cn1c2cccc(Cl)c2c2cc3ccccc3nc21. The first-order valence-electron chi connectivity index (χ1n) is 6.18. The number of benzene rings is 2. The predicted octanol–water partition coefficient (Wildman–Crippen LogP) is 4.53. The largest absolute Gasteiger partial charge is 0.328 e. The summed E-state index contributed by atoms with van der Waals surface area (Å²) >= 11 is 6.36. The van der Waals surface area contributed by atoms with E-state index in [1.54, 1.807) is 0 Å². The van der Waals surface area contributed by atoms with Crippen molar-refractivity contribution < 1.29 is 0 Å². The second-order valence-electron chi connectivity index (χ2n) is 4.75. The highest BCUT2D eigenvalue weighted by atomic mass is 35.5. The van der Waals surface area contributed by atoms with Crippen LogP contribution in [-0.2, 0) is 7.05 Å². The van der Waals surface area contributed by atoms with Crippen molar-refractivity contribution in [3.63, 3.8) is 0 Å². The highest BCUT2D eigenvalue weighted by molar-refractivity contribution is 6.38. The fraction of sp³-hybridized carbons (Fsp3) is 0.0625. The maximum atomic E-state index is 6.36. The van der Waals surface area contributed by atoms with Crippen LogP contribution in [0.2, 0.25) is 5.02 Å². The monoisotopic (exact) mass is 266 g/mol. The molecule has 2 aromatic carbocycles. The van der Waals surface area contributed by atoms with E-state index >= 15 is 0 Å². The Balaban J connectivity index is 2.34. The number of fused-ring (bicyclic) bond motifs is 4. The summed E-state index contributed by atoms with van der Waals surface area (Å²) in [5.41, 5.74) is 3.10. The minimum absolute atomic E-state index is 0.778. The van der Waals surface area contributed by atoms with Crippen molar-refractivity contribution in [1.82, 2.24) is 9.55 Å². The van der Waals surface area contributed by atoms with Crippen LogP contribution < -0.4 is 0 Å². The number of aromatic nitrogens is 2. The molecule has 0 saturated heterocycles. The van der Waals surface area contributed by atoms with Gasteiger partial charge in [0.1, 0.15) is 5.65 Å². The Morgan fingerprint density at radius 1 is 1.05 bits per heavy atom. The number of para-hydroxylation sites is 1. The Kier molecular flexibility index (Phi) is 2.12. The van der Waals surface area contributed by atoms with Crippen LogP contribution in [-0.4, -0.2) is 9.55 Å². The van der Waals surface area contributed by atoms with Gasteiger partial charge in [0.2, 0.25) is 0 Å². The lowest BCUT2D eigenvalue weighted by molar-refractivity contribution is 0.994. The van der Waals surface area contributed by atoms with Gasteiger partial charge in [-0.25, -0.2) is 4.98 Å². The van der Waals surface area contributed by atoms with E-state index in [0.29, 0.717) is 0 Å². The summed E-state index contributed by atoms with van der Waals surface area (Å²) in [7, 11) is 2.03. The van der Waals surface area contributed by atoms with Gasteiger partial charge in [-0.1, -0.05) is 35.9 Å². The van der Waals surface area contributed by atoms with Gasteiger partial charge in [-0.15, -0.1) is 0 Å². The molecule has 0 saturated carbocycles. The first kappa shape index (κ1) is 10.8. The van der Waals surface area contributed by atoms with Crippen molar-refractivity contribution in [3.05, 3.63) is 53.6 Å². The standard InChI is InChI=1S/C16H11ClN2/c1-19-14-8-4-6-12(17)15(14)11-9-10-5-2-3-7-13(10)18-16(11)19/h2-9H,1H3. The van der Waals surface area contributed by atoms with Gasteiger partial charge in [-0.3, -0.25) is 0 Å². The van der Waals surface area contributed by atoms with Crippen molar-refractivity contribution in [2.24, 2.45) is 7.05 Å². The van der Waals surface area contributed by atoms with Crippen molar-refractivity contribution in [3.8, 4) is 0 Å². The maximum absolute atomic E-state index is 6.36. The Morgan fingerprint density at radius 3 is 2.79 bits per heavy atom. The number of halogens is 1. The molecule has 0 amide bonds. The van der Waals surface area contributed by atoms with Gasteiger partial charge in [-0.2, -0.15) is 0 Å². The smallest absolute Gasteiger partial charge is 0.141 e. The van der Waals surface area contributed by atoms with Gasteiger partial charge >= 0.3 is 0 Å². The molecule has 92 valence electrons. The topological polar surface area (TPSA) is 17.8 Å². The molecule has 0 spiro atoms. The third-order valence-corrected chi connectivity index (χ3v) is 3.96. The Bertz CT molecular complexity index is 938. The van der Waals surface area contributed by atoms with Crippen LogP contribution in [0.5, 0.6) is 0 Å². The zero-order chi connectivity index (χ0) is 13.0. The molecule has 0 bridgehead atoms. The van der Waals surface area contributed by atoms with Gasteiger partial charge in [0.15, 0.2) is 0 Å². The summed E-state index contributed by atoms with van der Waals surface area (Å²) in [5.74, 6) is 0. The van der Waals surface area contributed by atoms with Crippen LogP contribution in [0, 0.1) is 0 Å². The van der Waals surface area contributed by atoms with Crippen LogP contribution in [0.3, 0.4) is 0 Å². The fourth-order valence-corrected chi connectivity index (χ4v) is 2.99. The number of hydrogen-bond acceptors (Lipinski definition) is 1. The Hall–Kier alpha value is -2.06. The molecule has 0 unspecified atom stereocenters. The lowest BCUT2D eigenvalue weighted by Gasteiger charge is -1.99. The summed E-state index contributed by atoms with van der Waals surface area (Å²) in [4.78, 5) is 4.76. The molecule has 2 nitrogen and oxygen atoms in total. The number of hydrogen-bond donors (Lipinski definition) is 0. The number of rotatable bonds is 0. The zero-order valence-corrected chi connectivity index (χ0v) is 11.1. The van der Waals surface area contributed by atoms with E-state index in [4.69, 9.17) is 16.6 Å². The first-order chi connectivity index (χ1) is 9.25. The van der Waals surface area contributed by atoms with Crippen LogP contribution in [0.15, 0.2) is 48.5 Å². The van der Waals surface area contributed by atoms with E-state index in [0.717, 1.165) is 37.9 Å². The second-order valence-corrected chi connectivity index (χ2v) is 5.15. The maximum Gasteiger partial charge on any atom is 0.141 e. The lowest BCUT2D eigenvalue weighted by Crippen LogP contribution is -1.89. The van der Waals surface area contributed by atoms with E-state index < -0.39 is 0 Å². The molecule has 0 fully saturated rings. The van der Waals surface area contributed by atoms with E-state index in [2.05, 4.69) is 22.8 Å². The molecule has 19 heavy (non-hydrogen) atoms. The van der Waals surface area contributed by atoms with Crippen LogP contribution in [0.25, 0.3) is 32.8 Å². The van der Waals surface area contributed by atoms with Gasteiger partial charge in [0, 0.05) is 23.2 Å². The molecule has 0 aliphatic carbocycles. The van der Waals surface area contributed by atoms with Crippen molar-refractivity contribution in [1.29, 1.82) is 0 Å². The number of pyridine rings is 1. The van der Waals surface area contributed by atoms with Crippen molar-refractivity contribution >= 4 is 44.4 Å². The van der Waals surface area contributed by atoms with E-state index in [1.165, 1.54) is 0 Å². The molecule has 3 heteroatoms. The lowest BCUT2D eigenvalue weighted by atomic mass is 10.1. The van der Waals surface area contributed by atoms with E-state index in [9.17, 15) is 0 Å². The predicted molar refractivity (Wildman–Crippen MR) is 80.7 cm³/mol. The van der Waals surface area contributed by atoms with Gasteiger partial charge in [0.25, 0.3) is 0 Å². The van der Waals surface area contributed by atoms with Gasteiger partial charge < -0.3 is 4.57 Å². The molecule has 4 rings (SSSR count). The number of aryl methyl sites for hydroxylation is 1. The zero-order valence-electron chi connectivity index (χ0n) is 10.4. The molecular weight excluding hydrogens is 256 g/mol. The summed E-state index contributed by atoms with van der Waals surface area (Å²) in [6, 6.07) is 16.3. The molecule has 2 heterocycles. The molecule has 0 atom stereocenters.